The Labute approximate surface area is 377 Å². The number of hydrogen-bond donors (Lipinski definition) is 2. The molecule has 10 heteroatoms. The molecule has 2 aliphatic heterocycles. The van der Waals surface area contributed by atoms with Crippen molar-refractivity contribution in [3.05, 3.63) is 132 Å². The standard InChI is InChI=1S/C54H54N4O4Si2/c1-59-47-27-17-35(31-49(47)61-3)53-43-23-19-39(55-43)51(33-13-11-15-37(29-33)63(5,6)7)41-21-25-45(57-41)54(36-18-28-48(60-2)50(32-36)62-4)46-26-22-42(58-46)52(40-20-24-44(53)56-40)34-14-12-16-38(30-34)64(8,9)10/h11-32,55,58H,1-10H3. The van der Waals surface area contributed by atoms with Crippen LogP contribution in [0, 0.1) is 0 Å². The SMILES string of the molecule is COc1ccc(-c2c3nc(c(-c4cccc([Si](C)(C)C)c4)c4ccc([nH]4)c(-c4ccc(OC)c(OC)c4)c4nc(c(-c5cccc([Si](C)(C)C)c5)c5ccc2[nH]5)C=C4)C=C3)cc1OC. The van der Waals surface area contributed by atoms with Gasteiger partial charge in [-0.1, -0.05) is 110 Å². The van der Waals surface area contributed by atoms with Gasteiger partial charge in [-0.2, -0.15) is 0 Å². The van der Waals surface area contributed by atoms with E-state index in [4.69, 9.17) is 28.9 Å². The maximum Gasteiger partial charge on any atom is 0.161 e. The summed E-state index contributed by atoms with van der Waals surface area (Å²) in [6, 6.07) is 38.7. The van der Waals surface area contributed by atoms with E-state index >= 15 is 0 Å². The van der Waals surface area contributed by atoms with E-state index in [1.165, 1.54) is 10.4 Å². The summed E-state index contributed by atoms with van der Waals surface area (Å²) >= 11 is 0. The number of nitrogens with zero attached hydrogens (tertiary/aromatic N) is 2. The van der Waals surface area contributed by atoms with E-state index in [9.17, 15) is 0 Å². The van der Waals surface area contributed by atoms with Crippen molar-refractivity contribution in [3.63, 3.8) is 0 Å². The second-order valence-corrected chi connectivity index (χ2v) is 28.5. The molecule has 8 bridgehead atoms. The van der Waals surface area contributed by atoms with Crippen LogP contribution in [0.15, 0.2) is 109 Å². The smallest absolute Gasteiger partial charge is 0.161 e. The summed E-state index contributed by atoms with van der Waals surface area (Å²) < 4.78 is 23.1. The van der Waals surface area contributed by atoms with Gasteiger partial charge in [-0.05, 0) is 95.1 Å². The zero-order valence-electron chi connectivity index (χ0n) is 38.2. The lowest BCUT2D eigenvalue weighted by Crippen LogP contribution is -2.37. The highest BCUT2D eigenvalue weighted by atomic mass is 28.3. The van der Waals surface area contributed by atoms with Gasteiger partial charge in [0.15, 0.2) is 23.0 Å². The summed E-state index contributed by atoms with van der Waals surface area (Å²) in [5.74, 6) is 2.59. The van der Waals surface area contributed by atoms with Gasteiger partial charge in [-0.25, -0.2) is 9.97 Å². The highest BCUT2D eigenvalue weighted by Crippen LogP contribution is 2.41. The second-order valence-electron chi connectivity index (χ2n) is 18.3. The lowest BCUT2D eigenvalue weighted by Gasteiger charge is -2.18. The number of benzene rings is 4. The molecule has 64 heavy (non-hydrogen) atoms. The minimum atomic E-state index is -1.68. The van der Waals surface area contributed by atoms with E-state index in [0.717, 1.165) is 89.4 Å². The molecule has 2 aliphatic rings. The number of ether oxygens (including phenoxy) is 4. The van der Waals surface area contributed by atoms with Gasteiger partial charge in [0, 0.05) is 44.3 Å². The number of aromatic nitrogens is 4. The molecule has 0 unspecified atom stereocenters. The molecule has 4 aromatic carbocycles. The maximum absolute atomic E-state index is 5.86. The van der Waals surface area contributed by atoms with Gasteiger partial charge in [0.2, 0.25) is 0 Å². The van der Waals surface area contributed by atoms with Crippen molar-refractivity contribution in [2.24, 2.45) is 0 Å². The largest absolute Gasteiger partial charge is 0.493 e. The van der Waals surface area contributed by atoms with Gasteiger partial charge in [0.05, 0.1) is 67.4 Å². The van der Waals surface area contributed by atoms with E-state index in [2.05, 4.69) is 158 Å². The van der Waals surface area contributed by atoms with Crippen LogP contribution in [0.3, 0.4) is 0 Å². The van der Waals surface area contributed by atoms with Gasteiger partial charge in [0.25, 0.3) is 0 Å². The van der Waals surface area contributed by atoms with Crippen molar-refractivity contribution in [1.82, 2.24) is 19.9 Å². The van der Waals surface area contributed by atoms with Crippen LogP contribution in [0.1, 0.15) is 22.8 Å². The minimum Gasteiger partial charge on any atom is -0.493 e. The van der Waals surface area contributed by atoms with Crippen molar-refractivity contribution < 1.29 is 18.9 Å². The quantitative estimate of drug-likeness (QED) is 0.133. The topological polar surface area (TPSA) is 94.3 Å². The normalized spacial score (nSPS) is 12.4. The predicted molar refractivity (Wildman–Crippen MR) is 273 cm³/mol. The number of H-pyrrole nitrogens is 2. The van der Waals surface area contributed by atoms with Crippen LogP contribution < -0.4 is 29.3 Å². The van der Waals surface area contributed by atoms with Gasteiger partial charge in [0.1, 0.15) is 0 Å². The Morgan fingerprint density at radius 2 is 0.672 bits per heavy atom. The van der Waals surface area contributed by atoms with Gasteiger partial charge in [-0.3, -0.25) is 0 Å². The zero-order chi connectivity index (χ0) is 44.9. The Kier molecular flexibility index (Phi) is 11.0. The summed E-state index contributed by atoms with van der Waals surface area (Å²) in [5, 5.41) is 2.74. The van der Waals surface area contributed by atoms with E-state index in [0.29, 0.717) is 23.0 Å². The number of aromatic amines is 2. The molecule has 322 valence electrons. The van der Waals surface area contributed by atoms with Crippen molar-refractivity contribution in [2.45, 2.75) is 39.3 Å². The Bertz CT molecular complexity index is 2990. The first-order valence-corrected chi connectivity index (χ1v) is 28.6. The molecular weight excluding hydrogens is 825 g/mol. The third-order valence-electron chi connectivity index (χ3n) is 12.1. The monoisotopic (exact) mass is 878 g/mol. The summed E-state index contributed by atoms with van der Waals surface area (Å²) in [6.07, 6.45) is 8.52. The highest BCUT2D eigenvalue weighted by Gasteiger charge is 2.23. The lowest BCUT2D eigenvalue weighted by atomic mass is 10.0. The van der Waals surface area contributed by atoms with E-state index in [-0.39, 0.29) is 0 Å². The molecule has 3 aromatic heterocycles. The fraction of sp³-hybridized carbons (Fsp3) is 0.185. The summed E-state index contributed by atoms with van der Waals surface area (Å²) in [6.45, 7) is 14.3. The van der Waals surface area contributed by atoms with Gasteiger partial charge < -0.3 is 28.9 Å². The molecule has 0 saturated carbocycles. The summed E-state index contributed by atoms with van der Waals surface area (Å²) in [4.78, 5) is 18.8. The molecule has 0 fully saturated rings. The van der Waals surface area contributed by atoms with Crippen LogP contribution in [0.4, 0.5) is 0 Å². The molecular formula is C54H54N4O4Si2. The molecule has 0 saturated heterocycles. The molecule has 8 nitrogen and oxygen atoms in total. The molecule has 0 spiro atoms. The summed E-state index contributed by atoms with van der Waals surface area (Å²) in [7, 11) is 3.29. The Morgan fingerprint density at radius 1 is 0.359 bits per heavy atom. The lowest BCUT2D eigenvalue weighted by molar-refractivity contribution is 0.355. The minimum absolute atomic E-state index is 0.637. The van der Waals surface area contributed by atoms with Crippen LogP contribution in [0.25, 0.3) is 90.9 Å². The third-order valence-corrected chi connectivity index (χ3v) is 16.2. The fourth-order valence-electron chi connectivity index (χ4n) is 8.69. The average molecular weight is 879 g/mol. The molecule has 0 atom stereocenters. The van der Waals surface area contributed by atoms with Crippen molar-refractivity contribution in [1.29, 1.82) is 0 Å². The third kappa shape index (κ3) is 7.88. The van der Waals surface area contributed by atoms with Crippen LogP contribution in [-0.4, -0.2) is 64.5 Å². The molecule has 0 amide bonds. The first-order valence-electron chi connectivity index (χ1n) is 21.6. The zero-order valence-corrected chi connectivity index (χ0v) is 40.2. The van der Waals surface area contributed by atoms with E-state index in [1.54, 1.807) is 28.4 Å². The molecule has 0 radical (unpaired) electrons. The van der Waals surface area contributed by atoms with Crippen LogP contribution in [-0.2, 0) is 0 Å². The van der Waals surface area contributed by atoms with Crippen molar-refractivity contribution in [3.8, 4) is 67.5 Å². The van der Waals surface area contributed by atoms with Crippen molar-refractivity contribution >= 4 is 72.9 Å². The summed E-state index contributed by atoms with van der Waals surface area (Å²) in [5.41, 5.74) is 15.0. The predicted octanol–water partition coefficient (Wildman–Crippen LogP) is 12.4. The second kappa shape index (κ2) is 16.7. The Balaban J connectivity index is 1.47. The fourth-order valence-corrected chi connectivity index (χ4v) is 11.1. The molecule has 2 N–H and O–H groups in total. The van der Waals surface area contributed by atoms with Crippen LogP contribution in [0.5, 0.6) is 23.0 Å². The molecule has 0 aliphatic carbocycles. The number of rotatable bonds is 10. The molecule has 7 aromatic rings. The van der Waals surface area contributed by atoms with Crippen LogP contribution in [0.2, 0.25) is 39.3 Å². The average Bonchev–Trinajstić information content (AvgIpc) is 4.14. The number of fused-ring (bicyclic) bond motifs is 8. The van der Waals surface area contributed by atoms with Crippen molar-refractivity contribution in [2.75, 3.05) is 28.4 Å². The first-order chi connectivity index (χ1) is 30.8. The number of methoxy groups -OCH3 is 4. The van der Waals surface area contributed by atoms with E-state index < -0.39 is 16.1 Å². The molecule has 5 heterocycles. The number of nitrogens with one attached hydrogen (secondary N) is 2. The van der Waals surface area contributed by atoms with Gasteiger partial charge in [-0.15, -0.1) is 0 Å². The first kappa shape index (κ1) is 42.4. The van der Waals surface area contributed by atoms with Crippen LogP contribution >= 0.6 is 0 Å². The molecule has 9 rings (SSSR count). The van der Waals surface area contributed by atoms with Gasteiger partial charge >= 0.3 is 0 Å². The highest BCUT2D eigenvalue weighted by molar-refractivity contribution is 6.89. The Hall–Kier alpha value is -6.89. The number of hydrogen-bond acceptors (Lipinski definition) is 6. The van der Waals surface area contributed by atoms with E-state index in [1.807, 2.05) is 24.3 Å². The Morgan fingerprint density at radius 3 is 0.969 bits per heavy atom. The maximum atomic E-state index is 5.86.